The van der Waals surface area contributed by atoms with Crippen molar-refractivity contribution in [1.29, 1.82) is 0 Å². The molecule has 3 aromatic carbocycles. The Morgan fingerprint density at radius 1 is 0.853 bits per heavy atom. The first kappa shape index (κ1) is 22.1. The Labute approximate surface area is 201 Å². The van der Waals surface area contributed by atoms with E-state index >= 15 is 0 Å². The number of hydrogen-bond donors (Lipinski definition) is 0. The maximum absolute atomic E-state index is 6.65. The first-order valence-electron chi connectivity index (χ1n) is 11.8. The van der Waals surface area contributed by atoms with Crippen LogP contribution in [0, 0.1) is 0 Å². The number of methoxy groups -OCH3 is 2. The number of hydrogen-bond acceptors (Lipinski definition) is 3. The fourth-order valence-electron chi connectivity index (χ4n) is 4.79. The fraction of sp³-hybridized carbons (Fsp3) is 0.267. The summed E-state index contributed by atoms with van der Waals surface area (Å²) in [6.07, 6.45) is 6.31. The molecular formula is C30H31NO3. The summed E-state index contributed by atoms with van der Waals surface area (Å²) < 4.78 is 20.0. The molecular weight excluding hydrogens is 422 g/mol. The summed E-state index contributed by atoms with van der Waals surface area (Å²) >= 11 is 0. The van der Waals surface area contributed by atoms with Gasteiger partial charge in [-0.2, -0.15) is 0 Å². The van der Waals surface area contributed by atoms with E-state index in [1.165, 1.54) is 21.9 Å². The van der Waals surface area contributed by atoms with Crippen LogP contribution < -0.4 is 14.2 Å². The normalized spacial score (nSPS) is 16.6. The summed E-state index contributed by atoms with van der Waals surface area (Å²) in [5.74, 6) is 2.81. The average Bonchev–Trinajstić information content (AvgIpc) is 3.16. The lowest BCUT2D eigenvalue weighted by Crippen LogP contribution is -2.13. The lowest BCUT2D eigenvalue weighted by molar-refractivity contribution is 0.161. The van der Waals surface area contributed by atoms with Crippen LogP contribution >= 0.6 is 0 Å². The van der Waals surface area contributed by atoms with Crippen molar-refractivity contribution in [3.63, 3.8) is 0 Å². The van der Waals surface area contributed by atoms with Crippen LogP contribution in [0.1, 0.15) is 56.5 Å². The van der Waals surface area contributed by atoms with Crippen molar-refractivity contribution in [2.24, 2.45) is 0 Å². The Morgan fingerprint density at radius 2 is 1.59 bits per heavy atom. The van der Waals surface area contributed by atoms with E-state index in [4.69, 9.17) is 14.2 Å². The molecule has 0 bridgehead atoms. The summed E-state index contributed by atoms with van der Waals surface area (Å²) in [7, 11) is 3.39. The van der Waals surface area contributed by atoms with Crippen molar-refractivity contribution < 1.29 is 14.2 Å². The predicted molar refractivity (Wildman–Crippen MR) is 141 cm³/mol. The first-order valence-corrected chi connectivity index (χ1v) is 11.8. The third-order valence-electron chi connectivity index (χ3n) is 6.61. The second kappa shape index (κ2) is 8.60. The van der Waals surface area contributed by atoms with Crippen LogP contribution in [-0.4, -0.2) is 18.8 Å². The maximum atomic E-state index is 6.65. The van der Waals surface area contributed by atoms with Crippen molar-refractivity contribution in [3.8, 4) is 17.2 Å². The Balaban J connectivity index is 1.87. The molecule has 1 aliphatic heterocycles. The van der Waals surface area contributed by atoms with Gasteiger partial charge in [-0.25, -0.2) is 0 Å². The van der Waals surface area contributed by atoms with Gasteiger partial charge in [0.1, 0.15) is 17.2 Å². The van der Waals surface area contributed by atoms with Crippen LogP contribution in [-0.2, 0) is 0 Å². The molecule has 0 radical (unpaired) electrons. The molecule has 0 N–H and O–H groups in total. The first-order chi connectivity index (χ1) is 16.4. The molecule has 2 heterocycles. The van der Waals surface area contributed by atoms with Gasteiger partial charge in [0.15, 0.2) is 6.23 Å². The molecule has 0 amide bonds. The van der Waals surface area contributed by atoms with E-state index in [0.717, 1.165) is 39.4 Å². The molecule has 1 aromatic heterocycles. The highest BCUT2D eigenvalue weighted by molar-refractivity contribution is 6.11. The van der Waals surface area contributed by atoms with Gasteiger partial charge in [0, 0.05) is 28.5 Å². The summed E-state index contributed by atoms with van der Waals surface area (Å²) in [6, 6.07) is 16.9. The molecule has 174 valence electrons. The van der Waals surface area contributed by atoms with Crippen molar-refractivity contribution in [2.45, 2.75) is 39.8 Å². The minimum Gasteiger partial charge on any atom is -0.497 e. The number of allylic oxidation sites excluding steroid dienone is 2. The molecule has 34 heavy (non-hydrogen) atoms. The average molecular weight is 454 g/mol. The summed E-state index contributed by atoms with van der Waals surface area (Å²) in [4.78, 5) is 0. The number of fused-ring (bicyclic) bond motifs is 4. The van der Waals surface area contributed by atoms with Crippen LogP contribution in [0.25, 0.3) is 34.0 Å². The highest BCUT2D eigenvalue weighted by Crippen LogP contribution is 2.40. The Morgan fingerprint density at radius 3 is 2.32 bits per heavy atom. The summed E-state index contributed by atoms with van der Waals surface area (Å²) in [5.41, 5.74) is 6.93. The Hall–Kier alpha value is -3.66. The number of aromatic nitrogens is 1. The lowest BCUT2D eigenvalue weighted by atomic mass is 9.96. The highest BCUT2D eigenvalue weighted by Gasteiger charge is 2.22. The molecule has 0 saturated carbocycles. The van der Waals surface area contributed by atoms with Crippen molar-refractivity contribution in [1.82, 2.24) is 4.57 Å². The minimum atomic E-state index is -0.262. The van der Waals surface area contributed by atoms with Crippen LogP contribution in [0.5, 0.6) is 17.2 Å². The second-order valence-electron chi connectivity index (χ2n) is 9.26. The maximum Gasteiger partial charge on any atom is 0.173 e. The molecule has 0 aliphatic carbocycles. The number of rotatable bonds is 3. The largest absolute Gasteiger partial charge is 0.497 e. The van der Waals surface area contributed by atoms with E-state index in [2.05, 4.69) is 74.8 Å². The van der Waals surface area contributed by atoms with E-state index in [9.17, 15) is 0 Å². The van der Waals surface area contributed by atoms with Gasteiger partial charge < -0.3 is 18.8 Å². The molecule has 4 heteroatoms. The molecule has 5 rings (SSSR count). The molecule has 1 unspecified atom stereocenters. The zero-order chi connectivity index (χ0) is 24.0. The number of benzene rings is 3. The third-order valence-corrected chi connectivity index (χ3v) is 6.61. The lowest BCUT2D eigenvalue weighted by Gasteiger charge is -2.21. The van der Waals surface area contributed by atoms with E-state index in [1.54, 1.807) is 14.2 Å². The standard InChI is InChI=1S/C30H31NO3/c1-18(2)23-14-22-8-7-19(3)13-21-9-10-25(33-6)17-29(21)34-20(4)31-28-16-24(32-5)11-12-26(28)27(15-23)30(22)31/h7-18,20H,1-6H3/b8-7+,19-13?. The van der Waals surface area contributed by atoms with Gasteiger partial charge in [-0.15, -0.1) is 0 Å². The summed E-state index contributed by atoms with van der Waals surface area (Å²) in [5, 5.41) is 2.42. The predicted octanol–water partition coefficient (Wildman–Crippen LogP) is 7.96. The zero-order valence-corrected chi connectivity index (χ0v) is 20.7. The van der Waals surface area contributed by atoms with E-state index in [-0.39, 0.29) is 6.23 Å². The zero-order valence-electron chi connectivity index (χ0n) is 20.7. The monoisotopic (exact) mass is 453 g/mol. The van der Waals surface area contributed by atoms with Gasteiger partial charge in [-0.3, -0.25) is 0 Å². The van der Waals surface area contributed by atoms with Gasteiger partial charge in [-0.1, -0.05) is 31.6 Å². The van der Waals surface area contributed by atoms with Crippen LogP contribution in [0.15, 0.2) is 60.2 Å². The molecule has 1 atom stereocenters. The number of ether oxygens (including phenoxy) is 3. The van der Waals surface area contributed by atoms with Gasteiger partial charge >= 0.3 is 0 Å². The highest BCUT2D eigenvalue weighted by atomic mass is 16.5. The van der Waals surface area contributed by atoms with E-state index in [0.29, 0.717) is 5.92 Å². The van der Waals surface area contributed by atoms with Gasteiger partial charge in [0.25, 0.3) is 0 Å². The van der Waals surface area contributed by atoms with E-state index in [1.807, 2.05) is 24.3 Å². The SMILES string of the molecule is COc1ccc2c(c1)OC(C)n1c3cc(OC)ccc3c3cc(C(C)C)cc(c31)/C=C/C(C)=C2. The molecule has 4 nitrogen and oxygen atoms in total. The molecule has 0 fully saturated rings. The molecule has 0 spiro atoms. The van der Waals surface area contributed by atoms with Crippen LogP contribution in [0.4, 0.5) is 0 Å². The van der Waals surface area contributed by atoms with Crippen LogP contribution in [0.2, 0.25) is 0 Å². The van der Waals surface area contributed by atoms with E-state index < -0.39 is 0 Å². The minimum absolute atomic E-state index is 0.262. The number of nitrogens with zero attached hydrogens (tertiary/aromatic N) is 1. The van der Waals surface area contributed by atoms with Crippen LogP contribution in [0.3, 0.4) is 0 Å². The molecule has 1 aliphatic rings. The summed E-state index contributed by atoms with van der Waals surface area (Å²) in [6.45, 7) is 8.70. The quantitative estimate of drug-likeness (QED) is 0.315. The third kappa shape index (κ3) is 3.73. The molecule has 4 aromatic rings. The Bertz CT molecular complexity index is 1460. The topological polar surface area (TPSA) is 32.6 Å². The Kier molecular flexibility index (Phi) is 5.60. The van der Waals surface area contributed by atoms with Crippen molar-refractivity contribution in [2.75, 3.05) is 14.2 Å². The fourth-order valence-corrected chi connectivity index (χ4v) is 4.79. The molecule has 0 saturated heterocycles. The van der Waals surface area contributed by atoms with Gasteiger partial charge in [0.05, 0.1) is 25.3 Å². The van der Waals surface area contributed by atoms with Gasteiger partial charge in [0.2, 0.25) is 0 Å². The second-order valence-corrected chi connectivity index (χ2v) is 9.26. The van der Waals surface area contributed by atoms with Crippen molar-refractivity contribution in [3.05, 3.63) is 76.9 Å². The van der Waals surface area contributed by atoms with Crippen molar-refractivity contribution >= 4 is 34.0 Å². The smallest absolute Gasteiger partial charge is 0.173 e. The van der Waals surface area contributed by atoms with Gasteiger partial charge in [-0.05, 0) is 73.4 Å².